The summed E-state index contributed by atoms with van der Waals surface area (Å²) in [6.45, 7) is 0.692. The van der Waals surface area contributed by atoms with Gasteiger partial charge >= 0.3 is 0 Å². The summed E-state index contributed by atoms with van der Waals surface area (Å²) in [5.74, 6) is -0.247. The zero-order valence-electron chi connectivity index (χ0n) is 17.3. The summed E-state index contributed by atoms with van der Waals surface area (Å²) in [6.07, 6.45) is 4.19. The fourth-order valence-corrected chi connectivity index (χ4v) is 3.50. The Kier molecular flexibility index (Phi) is 6.20. The van der Waals surface area contributed by atoms with Crippen LogP contribution in [0.4, 0.5) is 0 Å². The second-order valence-corrected chi connectivity index (χ2v) is 7.18. The van der Waals surface area contributed by atoms with Gasteiger partial charge in [-0.2, -0.15) is 20.7 Å². The predicted molar refractivity (Wildman–Crippen MR) is 121 cm³/mol. The number of carbonyl (C=O) groups is 1. The lowest BCUT2D eigenvalue weighted by atomic mass is 9.99. The highest BCUT2D eigenvalue weighted by molar-refractivity contribution is 6.33. The third kappa shape index (κ3) is 4.33. The monoisotopic (exact) mass is 420 g/mol. The summed E-state index contributed by atoms with van der Waals surface area (Å²) in [5, 5.41) is 28.4. The van der Waals surface area contributed by atoms with Crippen molar-refractivity contribution in [2.45, 2.75) is 19.4 Å². The Morgan fingerprint density at radius 2 is 1.50 bits per heavy atom. The largest absolute Gasteiger partial charge is 0.276 e. The normalized spacial score (nSPS) is 14.3. The Morgan fingerprint density at radius 3 is 2.16 bits per heavy atom. The van der Waals surface area contributed by atoms with Gasteiger partial charge in [0.15, 0.2) is 0 Å². The molecule has 0 aliphatic carbocycles. The maximum Gasteiger partial charge on any atom is 0.276 e. The van der Waals surface area contributed by atoms with Crippen LogP contribution in [0.2, 0.25) is 0 Å². The average molecular weight is 420 g/mol. The van der Waals surface area contributed by atoms with Gasteiger partial charge in [0, 0.05) is 22.9 Å². The molecule has 0 radical (unpaired) electrons. The summed E-state index contributed by atoms with van der Waals surface area (Å²) in [7, 11) is 0. The Balaban J connectivity index is 1.81. The van der Waals surface area contributed by atoms with Crippen LogP contribution in [0.15, 0.2) is 77.5 Å². The number of aromatic nitrogens is 2. The highest BCUT2D eigenvalue weighted by atomic mass is 16.2. The molecule has 0 saturated carbocycles. The molecule has 0 saturated heterocycles. The number of rotatable bonds is 7. The van der Waals surface area contributed by atoms with Crippen LogP contribution in [0.25, 0.3) is 17.3 Å². The fourth-order valence-electron chi connectivity index (χ4n) is 3.50. The summed E-state index contributed by atoms with van der Waals surface area (Å²) in [5.41, 5.74) is 4.25. The summed E-state index contributed by atoms with van der Waals surface area (Å²) in [6, 6.07) is 23.4. The topological polar surface area (TPSA) is 98.1 Å². The van der Waals surface area contributed by atoms with E-state index in [1.807, 2.05) is 66.9 Å². The molecule has 0 unspecified atom stereocenters. The molecular weight excluding hydrogens is 400 g/mol. The van der Waals surface area contributed by atoms with Crippen LogP contribution in [0.1, 0.15) is 24.0 Å². The van der Waals surface area contributed by atoms with Gasteiger partial charge in [0.25, 0.3) is 5.91 Å². The predicted octanol–water partition coefficient (Wildman–Crippen LogP) is 4.01. The first-order valence-corrected chi connectivity index (χ1v) is 10.3. The summed E-state index contributed by atoms with van der Waals surface area (Å²) in [4.78, 5) is 13.2. The average Bonchev–Trinajstić information content (AvgIpc) is 3.38. The lowest BCUT2D eigenvalue weighted by molar-refractivity contribution is -0.125. The molecule has 2 aromatic carbocycles. The number of carbonyl (C=O) groups excluding carboxylic acids is 1. The zero-order valence-corrected chi connectivity index (χ0v) is 17.3. The first kappa shape index (κ1) is 20.8. The SMILES string of the molecule is N#CCCN1N=C(c2ccccc2)/C(=C\c2cn(CCC#N)nc2-c2ccccc2)C1=O. The quantitative estimate of drug-likeness (QED) is 0.539. The highest BCUT2D eigenvalue weighted by Crippen LogP contribution is 2.28. The van der Waals surface area contributed by atoms with Crippen molar-refractivity contribution >= 4 is 17.7 Å². The smallest absolute Gasteiger partial charge is 0.270 e. The molecule has 4 rings (SSSR count). The molecule has 0 fully saturated rings. The fraction of sp³-hybridized carbons (Fsp3) is 0.160. The van der Waals surface area contributed by atoms with E-state index < -0.39 is 0 Å². The van der Waals surface area contributed by atoms with Crippen molar-refractivity contribution in [3.8, 4) is 23.4 Å². The second kappa shape index (κ2) is 9.55. The maximum absolute atomic E-state index is 13.2. The van der Waals surface area contributed by atoms with Crippen molar-refractivity contribution in [3.63, 3.8) is 0 Å². The van der Waals surface area contributed by atoms with Crippen molar-refractivity contribution < 1.29 is 4.79 Å². The molecule has 0 spiro atoms. The molecule has 0 bridgehead atoms. The number of hydrogen-bond donors (Lipinski definition) is 0. The van der Waals surface area contributed by atoms with E-state index in [1.54, 1.807) is 10.8 Å². The van der Waals surface area contributed by atoms with Crippen molar-refractivity contribution in [1.82, 2.24) is 14.8 Å². The van der Waals surface area contributed by atoms with E-state index in [1.165, 1.54) is 5.01 Å². The Bertz CT molecular complexity index is 1260. The number of hydrazone groups is 1. The third-order valence-electron chi connectivity index (χ3n) is 5.01. The van der Waals surface area contributed by atoms with Crippen LogP contribution in [0.3, 0.4) is 0 Å². The van der Waals surface area contributed by atoms with Gasteiger partial charge in [-0.25, -0.2) is 5.01 Å². The minimum atomic E-state index is -0.247. The molecule has 7 nitrogen and oxygen atoms in total. The molecule has 0 N–H and O–H groups in total. The molecular formula is C25H20N6O. The first-order valence-electron chi connectivity index (χ1n) is 10.3. The van der Waals surface area contributed by atoms with Gasteiger partial charge in [0.1, 0.15) is 5.71 Å². The minimum Gasteiger partial charge on any atom is -0.270 e. The second-order valence-electron chi connectivity index (χ2n) is 7.18. The lowest BCUT2D eigenvalue weighted by Gasteiger charge is -2.08. The Hall–Kier alpha value is -4.49. The van der Waals surface area contributed by atoms with E-state index in [4.69, 9.17) is 10.5 Å². The highest BCUT2D eigenvalue weighted by Gasteiger charge is 2.31. The van der Waals surface area contributed by atoms with E-state index in [0.29, 0.717) is 24.3 Å². The molecule has 1 amide bonds. The van der Waals surface area contributed by atoms with E-state index in [-0.39, 0.29) is 18.9 Å². The lowest BCUT2D eigenvalue weighted by Crippen LogP contribution is -2.23. The number of nitrogens with zero attached hydrogens (tertiary/aromatic N) is 6. The molecule has 156 valence electrons. The number of amides is 1. The van der Waals surface area contributed by atoms with Crippen molar-refractivity contribution in [1.29, 1.82) is 10.5 Å². The van der Waals surface area contributed by atoms with Crippen molar-refractivity contribution in [3.05, 3.63) is 83.6 Å². The van der Waals surface area contributed by atoms with Crippen LogP contribution in [-0.4, -0.2) is 33.0 Å². The van der Waals surface area contributed by atoms with Gasteiger partial charge in [0.2, 0.25) is 0 Å². The molecule has 0 atom stereocenters. The summed E-state index contributed by atoms with van der Waals surface area (Å²) >= 11 is 0. The van der Waals surface area contributed by atoms with Gasteiger partial charge in [-0.1, -0.05) is 60.7 Å². The van der Waals surface area contributed by atoms with E-state index in [0.717, 1.165) is 22.4 Å². The zero-order chi connectivity index (χ0) is 22.3. The standard InChI is InChI=1S/C25H20N6O/c26-13-7-15-30-18-21(23(28-30)19-9-3-1-4-10-19)17-22-24(20-11-5-2-6-12-20)29-31(25(22)32)16-8-14-27/h1-6,9-12,17-18H,7-8,15-16H2/b22-17+. The maximum atomic E-state index is 13.2. The van der Waals surface area contributed by atoms with Crippen molar-refractivity contribution in [2.75, 3.05) is 6.54 Å². The van der Waals surface area contributed by atoms with Crippen LogP contribution in [0.5, 0.6) is 0 Å². The molecule has 1 aromatic heterocycles. The van der Waals surface area contributed by atoms with Gasteiger partial charge in [-0.05, 0) is 6.08 Å². The number of aryl methyl sites for hydroxylation is 1. The molecule has 1 aliphatic rings. The molecule has 3 aromatic rings. The third-order valence-corrected chi connectivity index (χ3v) is 5.01. The van der Waals surface area contributed by atoms with E-state index in [2.05, 4.69) is 22.3 Å². The van der Waals surface area contributed by atoms with Crippen LogP contribution >= 0.6 is 0 Å². The Labute approximate surface area is 186 Å². The van der Waals surface area contributed by atoms with E-state index in [9.17, 15) is 4.79 Å². The molecule has 2 heterocycles. The molecule has 7 heteroatoms. The number of hydrogen-bond acceptors (Lipinski definition) is 5. The van der Waals surface area contributed by atoms with Crippen molar-refractivity contribution in [2.24, 2.45) is 5.10 Å². The number of benzene rings is 2. The van der Waals surface area contributed by atoms with E-state index >= 15 is 0 Å². The molecule has 1 aliphatic heterocycles. The van der Waals surface area contributed by atoms with Gasteiger partial charge in [-0.3, -0.25) is 9.48 Å². The van der Waals surface area contributed by atoms with Gasteiger partial charge in [0.05, 0.1) is 49.3 Å². The minimum absolute atomic E-state index is 0.200. The number of nitriles is 2. The van der Waals surface area contributed by atoms with Gasteiger partial charge in [-0.15, -0.1) is 0 Å². The first-order chi connectivity index (χ1) is 15.7. The van der Waals surface area contributed by atoms with Crippen LogP contribution < -0.4 is 0 Å². The molecule has 32 heavy (non-hydrogen) atoms. The Morgan fingerprint density at radius 1 is 0.875 bits per heavy atom. The van der Waals surface area contributed by atoms with Crippen LogP contribution in [-0.2, 0) is 11.3 Å². The van der Waals surface area contributed by atoms with Crippen LogP contribution in [0, 0.1) is 22.7 Å². The summed E-state index contributed by atoms with van der Waals surface area (Å²) < 4.78 is 1.73. The van der Waals surface area contributed by atoms with Gasteiger partial charge < -0.3 is 0 Å².